The van der Waals surface area contributed by atoms with E-state index in [0.717, 1.165) is 64.2 Å². The van der Waals surface area contributed by atoms with Crippen LogP contribution in [-0.2, 0) is 28.6 Å². The van der Waals surface area contributed by atoms with Crippen molar-refractivity contribution in [2.24, 2.45) is 0 Å². The van der Waals surface area contributed by atoms with Crippen molar-refractivity contribution in [3.05, 3.63) is 12.2 Å². The molecule has 6 heteroatoms. The second-order valence-electron chi connectivity index (χ2n) is 21.0. The van der Waals surface area contributed by atoms with Gasteiger partial charge in [-0.3, -0.25) is 14.4 Å². The third-order valence-electron chi connectivity index (χ3n) is 14.0. The van der Waals surface area contributed by atoms with Crippen molar-refractivity contribution >= 4 is 17.9 Å². The van der Waals surface area contributed by atoms with Crippen LogP contribution in [0.1, 0.15) is 348 Å². The maximum Gasteiger partial charge on any atom is 0.306 e. The van der Waals surface area contributed by atoms with Gasteiger partial charge >= 0.3 is 17.9 Å². The molecule has 0 saturated heterocycles. The molecule has 0 amide bonds. The first-order valence-corrected chi connectivity index (χ1v) is 30.7. The van der Waals surface area contributed by atoms with Crippen molar-refractivity contribution in [2.75, 3.05) is 13.2 Å². The quantitative estimate of drug-likeness (QED) is 0.0262. The lowest BCUT2D eigenvalue weighted by atomic mass is 10.0. The van der Waals surface area contributed by atoms with Crippen molar-refractivity contribution in [3.8, 4) is 0 Å². The van der Waals surface area contributed by atoms with Crippen LogP contribution < -0.4 is 0 Å². The molecule has 6 nitrogen and oxygen atoms in total. The van der Waals surface area contributed by atoms with Gasteiger partial charge in [0.15, 0.2) is 6.10 Å². The lowest BCUT2D eigenvalue weighted by Crippen LogP contribution is -2.30. The number of carbonyl (C=O) groups excluding carboxylic acids is 3. The average Bonchev–Trinajstić information content (AvgIpc) is 3.34. The van der Waals surface area contributed by atoms with Crippen molar-refractivity contribution in [1.29, 1.82) is 0 Å². The van der Waals surface area contributed by atoms with Crippen LogP contribution in [0.5, 0.6) is 0 Å². The zero-order chi connectivity index (χ0) is 49.3. The Morgan fingerprint density at radius 2 is 0.485 bits per heavy atom. The van der Waals surface area contributed by atoms with Gasteiger partial charge < -0.3 is 14.2 Å². The van der Waals surface area contributed by atoms with Crippen molar-refractivity contribution in [3.63, 3.8) is 0 Å². The van der Waals surface area contributed by atoms with Gasteiger partial charge in [0, 0.05) is 19.3 Å². The molecule has 0 rings (SSSR count). The second-order valence-corrected chi connectivity index (χ2v) is 21.0. The molecule has 0 heterocycles. The maximum absolute atomic E-state index is 12.8. The monoisotopic (exact) mass is 959 g/mol. The number of allylic oxidation sites excluding steroid dienone is 2. The third kappa shape index (κ3) is 55.1. The van der Waals surface area contributed by atoms with Gasteiger partial charge in [0.25, 0.3) is 0 Å². The fraction of sp³-hybridized carbons (Fsp3) is 0.919. The van der Waals surface area contributed by atoms with Crippen molar-refractivity contribution in [2.45, 2.75) is 354 Å². The highest BCUT2D eigenvalue weighted by atomic mass is 16.6. The molecule has 0 fully saturated rings. The Balaban J connectivity index is 4.08. The van der Waals surface area contributed by atoms with E-state index in [-0.39, 0.29) is 31.1 Å². The first kappa shape index (κ1) is 66.2. The zero-order valence-electron chi connectivity index (χ0n) is 46.2. The highest BCUT2D eigenvalue weighted by molar-refractivity contribution is 5.71. The Hall–Kier alpha value is -1.85. The lowest BCUT2D eigenvalue weighted by molar-refractivity contribution is -0.167. The number of unbranched alkanes of at least 4 members (excludes halogenated alkanes) is 44. The van der Waals surface area contributed by atoms with Crippen molar-refractivity contribution < 1.29 is 28.6 Å². The molecule has 0 saturated carbocycles. The van der Waals surface area contributed by atoms with E-state index in [9.17, 15) is 14.4 Å². The molecule has 1 atom stereocenters. The molecule has 0 aromatic heterocycles. The van der Waals surface area contributed by atoms with Gasteiger partial charge in [-0.25, -0.2) is 0 Å². The summed E-state index contributed by atoms with van der Waals surface area (Å²) in [4.78, 5) is 38.0. The highest BCUT2D eigenvalue weighted by Crippen LogP contribution is 2.18. The molecule has 0 aromatic carbocycles. The number of esters is 3. The lowest BCUT2D eigenvalue weighted by Gasteiger charge is -2.18. The summed E-state index contributed by atoms with van der Waals surface area (Å²) in [6, 6.07) is 0. The Morgan fingerprint density at radius 3 is 0.750 bits per heavy atom. The molecule has 0 spiro atoms. The third-order valence-corrected chi connectivity index (χ3v) is 14.0. The normalized spacial score (nSPS) is 12.0. The number of hydrogen-bond acceptors (Lipinski definition) is 6. The first-order valence-electron chi connectivity index (χ1n) is 30.7. The molecule has 0 aliphatic rings. The van der Waals surface area contributed by atoms with Crippen LogP contribution in [-0.4, -0.2) is 37.2 Å². The van der Waals surface area contributed by atoms with Gasteiger partial charge in [0.05, 0.1) is 0 Å². The predicted octanol–water partition coefficient (Wildman–Crippen LogP) is 20.5. The van der Waals surface area contributed by atoms with E-state index >= 15 is 0 Å². The van der Waals surface area contributed by atoms with Crippen LogP contribution in [0.3, 0.4) is 0 Å². The summed E-state index contributed by atoms with van der Waals surface area (Å²) in [5, 5.41) is 0. The van der Waals surface area contributed by atoms with E-state index in [1.165, 1.54) is 244 Å². The minimum Gasteiger partial charge on any atom is -0.462 e. The van der Waals surface area contributed by atoms with Crippen LogP contribution in [0.2, 0.25) is 0 Å². The largest absolute Gasteiger partial charge is 0.462 e. The summed E-state index contributed by atoms with van der Waals surface area (Å²) in [7, 11) is 0. The Bertz CT molecular complexity index is 1060. The van der Waals surface area contributed by atoms with Gasteiger partial charge in [-0.05, 0) is 44.9 Å². The van der Waals surface area contributed by atoms with E-state index < -0.39 is 6.10 Å². The molecule has 0 aliphatic heterocycles. The van der Waals surface area contributed by atoms with Crippen LogP contribution in [0, 0.1) is 0 Å². The van der Waals surface area contributed by atoms with E-state index in [4.69, 9.17) is 14.2 Å². The summed E-state index contributed by atoms with van der Waals surface area (Å²) in [6.45, 7) is 6.66. The molecular weight excluding hydrogens is 841 g/mol. The summed E-state index contributed by atoms with van der Waals surface area (Å²) < 4.78 is 16.8. The summed E-state index contributed by atoms with van der Waals surface area (Å²) >= 11 is 0. The summed E-state index contributed by atoms with van der Waals surface area (Å²) in [5.74, 6) is -0.856. The van der Waals surface area contributed by atoms with Gasteiger partial charge in [-0.1, -0.05) is 296 Å². The number of rotatable bonds is 57. The van der Waals surface area contributed by atoms with Crippen LogP contribution in [0.4, 0.5) is 0 Å². The molecule has 1 unspecified atom stereocenters. The molecule has 68 heavy (non-hydrogen) atoms. The Labute approximate surface area is 424 Å². The minimum atomic E-state index is -0.768. The molecule has 0 aliphatic carbocycles. The van der Waals surface area contributed by atoms with Gasteiger partial charge in [0.2, 0.25) is 0 Å². The number of carbonyl (C=O) groups is 3. The fourth-order valence-electron chi connectivity index (χ4n) is 9.38. The van der Waals surface area contributed by atoms with Crippen molar-refractivity contribution in [1.82, 2.24) is 0 Å². The molecule has 0 aromatic rings. The van der Waals surface area contributed by atoms with Crippen LogP contribution in [0.15, 0.2) is 12.2 Å². The van der Waals surface area contributed by atoms with E-state index in [1.54, 1.807) is 0 Å². The number of ether oxygens (including phenoxy) is 3. The molecule has 0 N–H and O–H groups in total. The maximum atomic E-state index is 12.8. The van der Waals surface area contributed by atoms with Crippen LogP contribution >= 0.6 is 0 Å². The predicted molar refractivity (Wildman–Crippen MR) is 293 cm³/mol. The molecule has 0 radical (unpaired) electrons. The molecular formula is C62H118O6. The average molecular weight is 960 g/mol. The van der Waals surface area contributed by atoms with Crippen LogP contribution in [0.25, 0.3) is 0 Å². The molecule has 0 bridgehead atoms. The topological polar surface area (TPSA) is 78.9 Å². The zero-order valence-corrected chi connectivity index (χ0v) is 46.2. The Kier molecular flexibility index (Phi) is 56.2. The highest BCUT2D eigenvalue weighted by Gasteiger charge is 2.19. The second kappa shape index (κ2) is 57.7. The SMILES string of the molecule is CCCCCC/C=C\CCCCCCCC(=O)OC(COC(=O)CCCCCCCCCCCC)COC(=O)CCCCCCCCCCCCCCCCCCCCCCCCCCCCC. The fourth-order valence-corrected chi connectivity index (χ4v) is 9.38. The van der Waals surface area contributed by atoms with Gasteiger partial charge in [0.1, 0.15) is 13.2 Å². The van der Waals surface area contributed by atoms with Gasteiger partial charge in [-0.15, -0.1) is 0 Å². The summed E-state index contributed by atoms with van der Waals surface area (Å²) in [6.07, 6.45) is 66.6. The van der Waals surface area contributed by atoms with E-state index in [1.807, 2.05) is 0 Å². The standard InChI is InChI=1S/C62H118O6/c1-4-7-10-13-16-19-22-24-25-26-27-28-29-30-31-32-33-34-35-36-37-39-40-43-46-49-52-55-61(64)67-58-59(57-66-60(63)54-51-48-45-42-21-18-15-12-9-6-3)68-62(65)56-53-50-47-44-41-38-23-20-17-14-11-8-5-2/h20,23,59H,4-19,21-22,24-58H2,1-3H3/b23-20-. The van der Waals surface area contributed by atoms with E-state index in [2.05, 4.69) is 32.9 Å². The minimum absolute atomic E-state index is 0.0677. The Morgan fingerprint density at radius 1 is 0.279 bits per heavy atom. The molecule has 402 valence electrons. The first-order chi connectivity index (χ1) is 33.5. The van der Waals surface area contributed by atoms with E-state index in [0.29, 0.717) is 19.3 Å². The van der Waals surface area contributed by atoms with Gasteiger partial charge in [-0.2, -0.15) is 0 Å². The smallest absolute Gasteiger partial charge is 0.306 e. The summed E-state index contributed by atoms with van der Waals surface area (Å²) in [5.41, 5.74) is 0. The number of hydrogen-bond donors (Lipinski definition) is 0.